The Hall–Kier alpha value is -2.85. The first-order valence-electron chi connectivity index (χ1n) is 5.70. The average molecular weight is 280 g/mol. The molecule has 20 heavy (non-hydrogen) atoms. The lowest BCUT2D eigenvalue weighted by Crippen LogP contribution is -1.95. The molecule has 0 saturated heterocycles. The van der Waals surface area contributed by atoms with Gasteiger partial charge < -0.3 is 5.32 Å². The molecule has 3 rings (SSSR count). The first kappa shape index (κ1) is 12.2. The van der Waals surface area contributed by atoms with E-state index in [-0.39, 0.29) is 0 Å². The summed E-state index contributed by atoms with van der Waals surface area (Å²) in [6, 6.07) is 7.25. The highest BCUT2D eigenvalue weighted by molar-refractivity contribution is 7.20. The second kappa shape index (κ2) is 5.42. The maximum atomic E-state index is 7.24. The van der Waals surface area contributed by atoms with Crippen LogP contribution >= 0.6 is 11.3 Å². The topological polar surface area (TPSA) is 68.0 Å². The van der Waals surface area contributed by atoms with Gasteiger partial charge in [-0.25, -0.2) is 19.8 Å². The molecule has 1 N–H and O–H groups in total. The minimum Gasteiger partial charge on any atom is -0.301 e. The van der Waals surface area contributed by atoms with Gasteiger partial charge in [0.2, 0.25) is 5.95 Å². The summed E-state index contributed by atoms with van der Waals surface area (Å²) >= 11 is 1.25. The van der Waals surface area contributed by atoms with E-state index in [1.54, 1.807) is 24.7 Å². The highest BCUT2D eigenvalue weighted by Gasteiger charge is 2.14. The molecule has 0 amide bonds. The lowest BCUT2D eigenvalue weighted by molar-refractivity contribution is 1.16. The fraction of sp³-hybridized carbons (Fsp3) is 0. The van der Waals surface area contributed by atoms with Crippen molar-refractivity contribution in [3.8, 4) is 11.4 Å². The molecule has 0 aliphatic carbocycles. The van der Waals surface area contributed by atoms with Gasteiger partial charge in [-0.2, -0.15) is 0 Å². The minimum atomic E-state index is 0.449. The first-order chi connectivity index (χ1) is 9.86. The van der Waals surface area contributed by atoms with Crippen LogP contribution in [0.2, 0.25) is 0 Å². The molecule has 0 aliphatic heterocycles. The number of rotatable bonds is 3. The number of hydrogen-bond acceptors (Lipinski definition) is 6. The quantitative estimate of drug-likeness (QED) is 0.746. The van der Waals surface area contributed by atoms with Crippen molar-refractivity contribution in [2.45, 2.75) is 0 Å². The SMILES string of the molecule is [C-]#[N+]c1sc(Nc2ncccn2)nc1-c1ccccn1. The van der Waals surface area contributed by atoms with Crippen LogP contribution in [0.5, 0.6) is 0 Å². The van der Waals surface area contributed by atoms with Crippen LogP contribution in [0.4, 0.5) is 16.1 Å². The fourth-order valence-corrected chi connectivity index (χ4v) is 2.33. The predicted molar refractivity (Wildman–Crippen MR) is 76.9 cm³/mol. The number of nitrogens with one attached hydrogen (secondary N) is 1. The molecule has 0 saturated carbocycles. The Morgan fingerprint density at radius 3 is 2.55 bits per heavy atom. The van der Waals surface area contributed by atoms with Crippen LogP contribution < -0.4 is 5.32 Å². The van der Waals surface area contributed by atoms with Crippen molar-refractivity contribution in [2.75, 3.05) is 5.32 Å². The number of anilines is 2. The molecular formula is C13H8N6S. The summed E-state index contributed by atoms with van der Waals surface area (Å²) in [6.45, 7) is 7.24. The van der Waals surface area contributed by atoms with Crippen molar-refractivity contribution in [2.24, 2.45) is 0 Å². The minimum absolute atomic E-state index is 0.449. The molecule has 0 atom stereocenters. The van der Waals surface area contributed by atoms with Crippen LogP contribution in [0.3, 0.4) is 0 Å². The fourth-order valence-electron chi connectivity index (χ4n) is 1.57. The number of hydrogen-bond donors (Lipinski definition) is 1. The van der Waals surface area contributed by atoms with Crippen molar-refractivity contribution in [1.29, 1.82) is 0 Å². The molecule has 0 unspecified atom stereocenters. The van der Waals surface area contributed by atoms with Gasteiger partial charge in [0.15, 0.2) is 5.13 Å². The molecule has 3 aromatic rings. The van der Waals surface area contributed by atoms with Crippen LogP contribution in [-0.2, 0) is 0 Å². The molecule has 0 spiro atoms. The Labute approximate surface area is 119 Å². The van der Waals surface area contributed by atoms with Gasteiger partial charge in [0.05, 0.1) is 12.3 Å². The number of nitrogens with zero attached hydrogens (tertiary/aromatic N) is 5. The molecule has 96 valence electrons. The van der Waals surface area contributed by atoms with Gasteiger partial charge in [-0.15, -0.1) is 11.3 Å². The highest BCUT2D eigenvalue weighted by Crippen LogP contribution is 2.37. The Bertz CT molecular complexity index is 748. The first-order valence-corrected chi connectivity index (χ1v) is 6.52. The van der Waals surface area contributed by atoms with E-state index in [1.165, 1.54) is 11.3 Å². The molecule has 3 heterocycles. The third-order valence-corrected chi connectivity index (χ3v) is 3.27. The Kier molecular flexibility index (Phi) is 3.31. The second-order valence-electron chi connectivity index (χ2n) is 3.70. The van der Waals surface area contributed by atoms with Crippen molar-refractivity contribution in [3.63, 3.8) is 0 Å². The number of thiazole rings is 1. The lowest BCUT2D eigenvalue weighted by atomic mass is 10.3. The molecule has 6 nitrogen and oxygen atoms in total. The Morgan fingerprint density at radius 2 is 1.85 bits per heavy atom. The van der Waals surface area contributed by atoms with Crippen molar-refractivity contribution >= 4 is 27.4 Å². The van der Waals surface area contributed by atoms with Gasteiger partial charge in [-0.05, 0) is 18.2 Å². The van der Waals surface area contributed by atoms with Crippen LogP contribution in [0, 0.1) is 6.57 Å². The maximum absolute atomic E-state index is 7.24. The molecule has 0 aliphatic rings. The van der Waals surface area contributed by atoms with E-state index in [4.69, 9.17) is 6.57 Å². The maximum Gasteiger partial charge on any atom is 0.271 e. The summed E-state index contributed by atoms with van der Waals surface area (Å²) in [5.41, 5.74) is 1.25. The summed E-state index contributed by atoms with van der Waals surface area (Å²) < 4.78 is 0. The van der Waals surface area contributed by atoms with Crippen molar-refractivity contribution < 1.29 is 0 Å². The van der Waals surface area contributed by atoms with Gasteiger partial charge >= 0.3 is 0 Å². The Balaban J connectivity index is 1.96. The predicted octanol–water partition coefficient (Wildman–Crippen LogP) is 3.29. The van der Waals surface area contributed by atoms with Crippen LogP contribution in [0.15, 0.2) is 42.9 Å². The third kappa shape index (κ3) is 2.46. The zero-order valence-electron chi connectivity index (χ0n) is 10.2. The van der Waals surface area contributed by atoms with E-state index >= 15 is 0 Å². The van der Waals surface area contributed by atoms with E-state index in [9.17, 15) is 0 Å². The van der Waals surface area contributed by atoms with E-state index in [0.29, 0.717) is 27.5 Å². The van der Waals surface area contributed by atoms with Gasteiger partial charge in [0, 0.05) is 18.6 Å². The summed E-state index contributed by atoms with van der Waals surface area (Å²) in [4.78, 5) is 20.2. The van der Waals surface area contributed by atoms with E-state index in [2.05, 4.69) is 30.1 Å². The molecule has 3 aromatic heterocycles. The van der Waals surface area contributed by atoms with Crippen molar-refractivity contribution in [3.05, 3.63) is 54.3 Å². The third-order valence-electron chi connectivity index (χ3n) is 2.40. The average Bonchev–Trinajstić information content (AvgIpc) is 2.92. The lowest BCUT2D eigenvalue weighted by Gasteiger charge is -1.98. The number of aromatic nitrogens is 4. The van der Waals surface area contributed by atoms with E-state index < -0.39 is 0 Å². The second-order valence-corrected chi connectivity index (χ2v) is 4.67. The molecule has 0 aromatic carbocycles. The summed E-state index contributed by atoms with van der Waals surface area (Å²) in [7, 11) is 0. The van der Waals surface area contributed by atoms with Gasteiger partial charge in [0.25, 0.3) is 5.00 Å². The van der Waals surface area contributed by atoms with Crippen LogP contribution in [0.25, 0.3) is 16.2 Å². The zero-order chi connectivity index (χ0) is 13.8. The van der Waals surface area contributed by atoms with E-state index in [1.807, 2.05) is 18.2 Å². The normalized spacial score (nSPS) is 9.95. The van der Waals surface area contributed by atoms with Crippen LogP contribution in [0.1, 0.15) is 0 Å². The zero-order valence-corrected chi connectivity index (χ0v) is 11.0. The van der Waals surface area contributed by atoms with E-state index in [0.717, 1.165) is 0 Å². The van der Waals surface area contributed by atoms with Crippen molar-refractivity contribution in [1.82, 2.24) is 19.9 Å². The molecule has 7 heteroatoms. The largest absolute Gasteiger partial charge is 0.301 e. The van der Waals surface area contributed by atoms with Gasteiger partial charge in [-0.1, -0.05) is 6.07 Å². The molecule has 0 bridgehead atoms. The van der Waals surface area contributed by atoms with Gasteiger partial charge in [-0.3, -0.25) is 4.98 Å². The monoisotopic (exact) mass is 280 g/mol. The van der Waals surface area contributed by atoms with Gasteiger partial charge in [0.1, 0.15) is 5.69 Å². The summed E-state index contributed by atoms with van der Waals surface area (Å²) in [6.07, 6.45) is 4.95. The molecule has 0 radical (unpaired) electrons. The standard InChI is InChI=1S/C13H8N6S/c1-14-11-10(9-5-2-3-6-15-9)18-13(20-11)19-12-16-7-4-8-17-12/h2-8H,(H,16,17,18,19). The summed E-state index contributed by atoms with van der Waals surface area (Å²) in [5.74, 6) is 0.449. The summed E-state index contributed by atoms with van der Waals surface area (Å²) in [5, 5.41) is 4.04. The highest BCUT2D eigenvalue weighted by atomic mass is 32.1. The Morgan fingerprint density at radius 1 is 1.05 bits per heavy atom. The van der Waals surface area contributed by atoms with Crippen LogP contribution in [-0.4, -0.2) is 19.9 Å². The molecule has 0 fully saturated rings. The number of pyridine rings is 1. The smallest absolute Gasteiger partial charge is 0.271 e. The molecular weight excluding hydrogens is 272 g/mol.